The minimum Gasteiger partial charge on any atom is -0.383 e. The Morgan fingerprint density at radius 2 is 1.90 bits per heavy atom. The van der Waals surface area contributed by atoms with Crippen molar-refractivity contribution in [2.45, 2.75) is 32.7 Å². The first-order valence-corrected chi connectivity index (χ1v) is 7.76. The molecule has 1 heterocycles. The molecular weight excluding hydrogens is 286 g/mol. The highest BCUT2D eigenvalue weighted by atomic mass is 35.5. The quantitative estimate of drug-likeness (QED) is 0.727. The Hall–Kier alpha value is -1.39. The zero-order valence-electron chi connectivity index (χ0n) is 12.8. The number of anilines is 1. The molecule has 0 aliphatic carbocycles. The van der Waals surface area contributed by atoms with Crippen LogP contribution in [0.5, 0.6) is 0 Å². The van der Waals surface area contributed by atoms with E-state index in [1.165, 1.54) is 0 Å². The van der Waals surface area contributed by atoms with Crippen molar-refractivity contribution in [3.05, 3.63) is 29.5 Å². The predicted molar refractivity (Wildman–Crippen MR) is 88.1 cm³/mol. The molecule has 0 aliphatic rings. The molecule has 0 saturated carbocycles. The van der Waals surface area contributed by atoms with Gasteiger partial charge in [0.15, 0.2) is 0 Å². The Morgan fingerprint density at radius 1 is 1.19 bits per heavy atom. The van der Waals surface area contributed by atoms with Crippen LogP contribution in [0.4, 0.5) is 5.82 Å². The second kappa shape index (κ2) is 7.57. The number of nitrogens with zero attached hydrogens (tertiary/aromatic N) is 3. The van der Waals surface area contributed by atoms with Crippen molar-refractivity contribution in [1.29, 1.82) is 0 Å². The maximum atomic E-state index is 6.11. The van der Waals surface area contributed by atoms with Crippen LogP contribution in [0, 0.1) is 0 Å². The van der Waals surface area contributed by atoms with Gasteiger partial charge >= 0.3 is 0 Å². The summed E-state index contributed by atoms with van der Waals surface area (Å²) in [5, 5.41) is 1.32. The molecule has 114 valence electrons. The minimum absolute atomic E-state index is 0.289. The molecule has 0 saturated heterocycles. The lowest BCUT2D eigenvalue weighted by Crippen LogP contribution is -2.38. The second-order valence-corrected chi connectivity index (χ2v) is 5.33. The molecular formula is C16H22ClN3O. The Kier molecular flexibility index (Phi) is 5.76. The maximum Gasteiger partial charge on any atom is 0.224 e. The van der Waals surface area contributed by atoms with Gasteiger partial charge in [0.1, 0.15) is 5.82 Å². The third-order valence-electron chi connectivity index (χ3n) is 3.75. The van der Waals surface area contributed by atoms with Gasteiger partial charge in [-0.3, -0.25) is 0 Å². The summed E-state index contributed by atoms with van der Waals surface area (Å²) in [6.45, 7) is 5.84. The lowest BCUT2D eigenvalue weighted by molar-refractivity contribution is 0.202. The number of halogens is 1. The van der Waals surface area contributed by atoms with E-state index in [9.17, 15) is 0 Å². The van der Waals surface area contributed by atoms with Crippen molar-refractivity contribution in [3.8, 4) is 0 Å². The standard InChI is InChI=1S/C16H22ClN3O/c1-4-12(5-2)20(10-11-21-3)15-13-8-6-7-9-14(13)18-16(17)19-15/h6-9,12H,4-5,10-11H2,1-3H3. The fourth-order valence-corrected chi connectivity index (χ4v) is 2.80. The predicted octanol–water partition coefficient (Wildman–Crippen LogP) is 3.92. The molecule has 0 unspecified atom stereocenters. The summed E-state index contributed by atoms with van der Waals surface area (Å²) >= 11 is 6.11. The lowest BCUT2D eigenvalue weighted by atomic mass is 10.1. The van der Waals surface area contributed by atoms with Gasteiger partial charge in [-0.1, -0.05) is 26.0 Å². The van der Waals surface area contributed by atoms with E-state index in [0.717, 1.165) is 36.1 Å². The molecule has 2 rings (SSSR count). The molecule has 0 radical (unpaired) electrons. The maximum absolute atomic E-state index is 6.11. The number of methoxy groups -OCH3 is 1. The number of hydrogen-bond acceptors (Lipinski definition) is 4. The topological polar surface area (TPSA) is 38.2 Å². The highest BCUT2D eigenvalue weighted by Crippen LogP contribution is 2.28. The van der Waals surface area contributed by atoms with Crippen molar-refractivity contribution < 1.29 is 4.74 Å². The van der Waals surface area contributed by atoms with Gasteiger partial charge < -0.3 is 9.64 Å². The number of ether oxygens (including phenoxy) is 1. The van der Waals surface area contributed by atoms with Crippen molar-refractivity contribution in [3.63, 3.8) is 0 Å². The van der Waals surface area contributed by atoms with E-state index in [4.69, 9.17) is 16.3 Å². The molecule has 0 N–H and O–H groups in total. The molecule has 0 bridgehead atoms. The fourth-order valence-electron chi connectivity index (χ4n) is 2.63. The lowest BCUT2D eigenvalue weighted by Gasteiger charge is -2.32. The highest BCUT2D eigenvalue weighted by Gasteiger charge is 2.20. The molecule has 0 atom stereocenters. The molecule has 2 aromatic rings. The molecule has 1 aromatic carbocycles. The molecule has 21 heavy (non-hydrogen) atoms. The SMILES string of the molecule is CCC(CC)N(CCOC)c1nc(Cl)nc2ccccc12. The van der Waals surface area contributed by atoms with Crippen molar-refractivity contribution in [2.75, 3.05) is 25.2 Å². The Bertz CT molecular complexity index is 587. The van der Waals surface area contributed by atoms with Gasteiger partial charge in [-0.15, -0.1) is 0 Å². The summed E-state index contributed by atoms with van der Waals surface area (Å²) < 4.78 is 5.26. The van der Waals surface area contributed by atoms with Gasteiger partial charge in [0.25, 0.3) is 0 Å². The Balaban J connectivity index is 2.52. The minimum atomic E-state index is 0.289. The Labute approximate surface area is 131 Å². The summed E-state index contributed by atoms with van der Waals surface area (Å²) in [5.74, 6) is 0.899. The largest absolute Gasteiger partial charge is 0.383 e. The first kappa shape index (κ1) is 16.0. The van der Waals surface area contributed by atoms with Gasteiger partial charge in [-0.05, 0) is 36.6 Å². The van der Waals surface area contributed by atoms with Gasteiger partial charge in [0.2, 0.25) is 5.28 Å². The van der Waals surface area contributed by atoms with Gasteiger partial charge in [-0.25, -0.2) is 4.98 Å². The van der Waals surface area contributed by atoms with Gasteiger partial charge in [0, 0.05) is 25.1 Å². The summed E-state index contributed by atoms with van der Waals surface area (Å²) in [7, 11) is 1.72. The first-order chi connectivity index (χ1) is 10.2. The summed E-state index contributed by atoms with van der Waals surface area (Å²) in [4.78, 5) is 11.1. The van der Waals surface area contributed by atoms with Crippen LogP contribution in [-0.2, 0) is 4.74 Å². The normalized spacial score (nSPS) is 11.3. The summed E-state index contributed by atoms with van der Waals surface area (Å²) in [6.07, 6.45) is 2.10. The number of fused-ring (bicyclic) bond motifs is 1. The van der Waals surface area contributed by atoms with Crippen LogP contribution in [0.2, 0.25) is 5.28 Å². The average molecular weight is 308 g/mol. The number of benzene rings is 1. The molecule has 0 aliphatic heterocycles. The van der Waals surface area contributed by atoms with Crippen LogP contribution < -0.4 is 4.90 Å². The van der Waals surface area contributed by atoms with E-state index >= 15 is 0 Å². The Morgan fingerprint density at radius 3 is 2.57 bits per heavy atom. The molecule has 0 fully saturated rings. The van der Waals surface area contributed by atoms with Crippen LogP contribution in [0.25, 0.3) is 10.9 Å². The zero-order valence-corrected chi connectivity index (χ0v) is 13.6. The second-order valence-electron chi connectivity index (χ2n) is 4.99. The molecule has 1 aromatic heterocycles. The van der Waals surface area contributed by atoms with Crippen molar-refractivity contribution >= 4 is 28.3 Å². The zero-order chi connectivity index (χ0) is 15.2. The third-order valence-corrected chi connectivity index (χ3v) is 3.92. The first-order valence-electron chi connectivity index (χ1n) is 7.39. The van der Waals surface area contributed by atoms with Gasteiger partial charge in [0.05, 0.1) is 12.1 Å². The third kappa shape index (κ3) is 3.63. The van der Waals surface area contributed by atoms with Gasteiger partial charge in [-0.2, -0.15) is 4.98 Å². The highest BCUT2D eigenvalue weighted by molar-refractivity contribution is 6.28. The van der Waals surface area contributed by atoms with Crippen LogP contribution in [0.3, 0.4) is 0 Å². The van der Waals surface area contributed by atoms with Crippen LogP contribution in [0.15, 0.2) is 24.3 Å². The van der Waals surface area contributed by atoms with Crippen LogP contribution in [0.1, 0.15) is 26.7 Å². The van der Waals surface area contributed by atoms with Crippen molar-refractivity contribution in [1.82, 2.24) is 9.97 Å². The van der Waals surface area contributed by atoms with E-state index in [-0.39, 0.29) is 5.28 Å². The number of para-hydroxylation sites is 1. The van der Waals surface area contributed by atoms with E-state index in [1.54, 1.807) is 7.11 Å². The van der Waals surface area contributed by atoms with Crippen LogP contribution >= 0.6 is 11.6 Å². The van der Waals surface area contributed by atoms with E-state index in [2.05, 4.69) is 28.7 Å². The molecule has 4 nitrogen and oxygen atoms in total. The van der Waals surface area contributed by atoms with E-state index in [0.29, 0.717) is 12.6 Å². The van der Waals surface area contributed by atoms with Crippen LogP contribution in [-0.4, -0.2) is 36.3 Å². The molecule has 0 spiro atoms. The molecule has 5 heteroatoms. The van der Waals surface area contributed by atoms with E-state index < -0.39 is 0 Å². The number of aromatic nitrogens is 2. The fraction of sp³-hybridized carbons (Fsp3) is 0.500. The van der Waals surface area contributed by atoms with E-state index in [1.807, 2.05) is 24.3 Å². The van der Waals surface area contributed by atoms with Crippen molar-refractivity contribution in [2.24, 2.45) is 0 Å². The average Bonchev–Trinajstić information content (AvgIpc) is 2.50. The summed E-state index contributed by atoms with van der Waals surface area (Å²) in [5.41, 5.74) is 0.876. The molecule has 0 amide bonds. The smallest absolute Gasteiger partial charge is 0.224 e. The number of rotatable bonds is 7. The summed E-state index contributed by atoms with van der Waals surface area (Å²) in [6, 6.07) is 8.39. The monoisotopic (exact) mass is 307 g/mol. The number of hydrogen-bond donors (Lipinski definition) is 0.